The molecule has 1 aromatic rings. The third-order valence-electron chi connectivity index (χ3n) is 2.53. The smallest absolute Gasteiger partial charge is 0.334 e. The van der Waals surface area contributed by atoms with Gasteiger partial charge in [0.2, 0.25) is 0 Å². The predicted molar refractivity (Wildman–Crippen MR) is 69.3 cm³/mol. The molecule has 0 saturated carbocycles. The number of rotatable bonds is 7. The van der Waals surface area contributed by atoms with Gasteiger partial charge in [-0.05, 0) is 24.6 Å². The lowest BCUT2D eigenvalue weighted by molar-refractivity contribution is 0.0696. The van der Waals surface area contributed by atoms with E-state index in [1.165, 1.54) is 18.6 Å². The van der Waals surface area contributed by atoms with Crippen LogP contribution in [0.2, 0.25) is 0 Å². The quantitative estimate of drug-likeness (QED) is 0.587. The van der Waals surface area contributed by atoms with E-state index >= 15 is 0 Å². The van der Waals surface area contributed by atoms with Gasteiger partial charge in [0.1, 0.15) is 5.75 Å². The normalized spacial score (nSPS) is 9.78. The number of hydrogen-bond donors (Lipinski definition) is 1. The van der Waals surface area contributed by atoms with Gasteiger partial charge in [0.05, 0.1) is 18.7 Å². The summed E-state index contributed by atoms with van der Waals surface area (Å²) in [4.78, 5) is 14.1. The van der Waals surface area contributed by atoms with Crippen LogP contribution in [0.4, 0.5) is 5.69 Å². The Morgan fingerprint density at radius 1 is 1.33 bits per heavy atom. The number of nitrogens with zero attached hydrogens (tertiary/aromatic N) is 1. The molecule has 1 aromatic carbocycles. The summed E-state index contributed by atoms with van der Waals surface area (Å²) in [5.41, 5.74) is 0.380. The molecule has 0 unspecified atom stereocenters. The van der Waals surface area contributed by atoms with E-state index in [1.807, 2.05) is 0 Å². The molecule has 0 saturated heterocycles. The number of carboxylic acid groups (broad SMARTS) is 1. The Bertz CT molecular complexity index is 449. The fourth-order valence-corrected chi connectivity index (χ4v) is 1.57. The molecule has 1 N–H and O–H groups in total. The molecule has 0 aliphatic heterocycles. The average Bonchev–Trinajstić information content (AvgIpc) is 2.38. The van der Waals surface area contributed by atoms with Gasteiger partial charge in [-0.25, -0.2) is 9.64 Å². The summed E-state index contributed by atoms with van der Waals surface area (Å²) in [6, 6.07) is 4.37. The molecule has 1 rings (SSSR count). The SMILES string of the molecule is [C-]#[N+]c1cc(OCCCCCC)cc(C(=O)O)c1. The second-order valence-electron chi connectivity index (χ2n) is 4.04. The van der Waals surface area contributed by atoms with Crippen molar-refractivity contribution in [3.63, 3.8) is 0 Å². The maximum Gasteiger partial charge on any atom is 0.334 e. The zero-order valence-corrected chi connectivity index (χ0v) is 10.5. The zero-order chi connectivity index (χ0) is 13.4. The molecule has 0 amide bonds. The number of carbonyl (C=O) groups is 1. The summed E-state index contributed by atoms with van der Waals surface area (Å²) >= 11 is 0. The van der Waals surface area contributed by atoms with Crippen molar-refractivity contribution in [2.24, 2.45) is 0 Å². The van der Waals surface area contributed by atoms with Crippen molar-refractivity contribution in [1.82, 2.24) is 0 Å². The number of ether oxygens (including phenoxy) is 1. The van der Waals surface area contributed by atoms with Crippen LogP contribution in [0.15, 0.2) is 18.2 Å². The summed E-state index contributed by atoms with van der Waals surface area (Å²) < 4.78 is 5.48. The first-order chi connectivity index (χ1) is 8.67. The van der Waals surface area contributed by atoms with Crippen molar-refractivity contribution in [2.45, 2.75) is 32.6 Å². The fraction of sp³-hybridized carbons (Fsp3) is 0.429. The third kappa shape index (κ3) is 4.46. The highest BCUT2D eigenvalue weighted by molar-refractivity contribution is 5.89. The molecule has 0 aliphatic rings. The molecule has 0 spiro atoms. The van der Waals surface area contributed by atoms with Gasteiger partial charge in [-0.15, -0.1) is 0 Å². The molecular formula is C14H17NO3. The Hall–Kier alpha value is -2.02. The second-order valence-corrected chi connectivity index (χ2v) is 4.04. The minimum absolute atomic E-state index is 0.0899. The topological polar surface area (TPSA) is 50.9 Å². The highest BCUT2D eigenvalue weighted by atomic mass is 16.5. The summed E-state index contributed by atoms with van der Waals surface area (Å²) in [5, 5.41) is 8.91. The third-order valence-corrected chi connectivity index (χ3v) is 2.53. The van der Waals surface area contributed by atoms with E-state index in [1.54, 1.807) is 6.07 Å². The van der Waals surface area contributed by atoms with Gasteiger partial charge in [0, 0.05) is 0 Å². The van der Waals surface area contributed by atoms with E-state index in [4.69, 9.17) is 16.4 Å². The van der Waals surface area contributed by atoms with Gasteiger partial charge in [0.15, 0.2) is 5.69 Å². The number of carboxylic acids is 1. The van der Waals surface area contributed by atoms with Crippen LogP contribution in [0.25, 0.3) is 4.85 Å². The van der Waals surface area contributed by atoms with Crippen LogP contribution in [-0.2, 0) is 0 Å². The van der Waals surface area contributed by atoms with Gasteiger partial charge in [-0.3, -0.25) is 0 Å². The Labute approximate surface area is 107 Å². The molecule has 0 fully saturated rings. The highest BCUT2D eigenvalue weighted by Crippen LogP contribution is 2.23. The fourth-order valence-electron chi connectivity index (χ4n) is 1.57. The number of aromatic carboxylic acids is 1. The van der Waals surface area contributed by atoms with Crippen LogP contribution in [0, 0.1) is 6.57 Å². The summed E-state index contributed by atoms with van der Waals surface area (Å²) in [7, 11) is 0. The lowest BCUT2D eigenvalue weighted by atomic mass is 10.2. The Morgan fingerprint density at radius 2 is 2.11 bits per heavy atom. The molecule has 0 heterocycles. The molecule has 18 heavy (non-hydrogen) atoms. The zero-order valence-electron chi connectivity index (χ0n) is 10.5. The molecule has 0 atom stereocenters. The molecule has 0 radical (unpaired) electrons. The van der Waals surface area contributed by atoms with Crippen LogP contribution in [0.1, 0.15) is 43.0 Å². The first-order valence-electron chi connectivity index (χ1n) is 6.06. The molecule has 0 aliphatic carbocycles. The van der Waals surface area contributed by atoms with Gasteiger partial charge >= 0.3 is 5.97 Å². The van der Waals surface area contributed by atoms with Crippen LogP contribution in [0.3, 0.4) is 0 Å². The number of unbranched alkanes of at least 4 members (excludes halogenated alkanes) is 3. The molecule has 4 nitrogen and oxygen atoms in total. The highest BCUT2D eigenvalue weighted by Gasteiger charge is 2.07. The van der Waals surface area contributed by atoms with E-state index in [-0.39, 0.29) is 5.56 Å². The van der Waals surface area contributed by atoms with Crippen LogP contribution < -0.4 is 4.74 Å². The van der Waals surface area contributed by atoms with E-state index in [0.717, 1.165) is 19.3 Å². The Morgan fingerprint density at radius 3 is 2.72 bits per heavy atom. The lowest BCUT2D eigenvalue weighted by Crippen LogP contribution is -2.00. The van der Waals surface area contributed by atoms with Crippen molar-refractivity contribution in [3.05, 3.63) is 35.2 Å². The van der Waals surface area contributed by atoms with Gasteiger partial charge in [0.25, 0.3) is 0 Å². The number of hydrogen-bond acceptors (Lipinski definition) is 2. The van der Waals surface area contributed by atoms with Gasteiger partial charge < -0.3 is 9.84 Å². The van der Waals surface area contributed by atoms with Gasteiger partial charge in [-0.1, -0.05) is 26.2 Å². The Balaban J connectivity index is 2.62. The van der Waals surface area contributed by atoms with Crippen molar-refractivity contribution in [3.8, 4) is 5.75 Å². The minimum atomic E-state index is -1.05. The van der Waals surface area contributed by atoms with E-state index < -0.39 is 5.97 Å². The molecule has 0 aromatic heterocycles. The van der Waals surface area contributed by atoms with Crippen LogP contribution in [0.5, 0.6) is 5.75 Å². The van der Waals surface area contributed by atoms with E-state index in [0.29, 0.717) is 18.0 Å². The maximum absolute atomic E-state index is 10.9. The summed E-state index contributed by atoms with van der Waals surface area (Å²) in [6.45, 7) is 9.62. The van der Waals surface area contributed by atoms with E-state index in [9.17, 15) is 4.79 Å². The van der Waals surface area contributed by atoms with Crippen molar-refractivity contribution >= 4 is 11.7 Å². The predicted octanol–water partition coefficient (Wildman–Crippen LogP) is 3.89. The first-order valence-corrected chi connectivity index (χ1v) is 6.06. The monoisotopic (exact) mass is 247 g/mol. The molecule has 4 heteroatoms. The Kier molecular flexibility index (Phi) is 5.72. The summed E-state index contributed by atoms with van der Waals surface area (Å²) in [5.74, 6) is -0.589. The minimum Gasteiger partial charge on any atom is -0.495 e. The van der Waals surface area contributed by atoms with E-state index in [2.05, 4.69) is 11.8 Å². The van der Waals surface area contributed by atoms with Crippen molar-refractivity contribution < 1.29 is 14.6 Å². The van der Waals surface area contributed by atoms with Crippen LogP contribution >= 0.6 is 0 Å². The maximum atomic E-state index is 10.9. The largest absolute Gasteiger partial charge is 0.495 e. The second kappa shape index (κ2) is 7.33. The van der Waals surface area contributed by atoms with Crippen molar-refractivity contribution in [1.29, 1.82) is 0 Å². The van der Waals surface area contributed by atoms with Crippen LogP contribution in [-0.4, -0.2) is 17.7 Å². The van der Waals surface area contributed by atoms with Gasteiger partial charge in [-0.2, -0.15) is 0 Å². The summed E-state index contributed by atoms with van der Waals surface area (Å²) in [6.07, 6.45) is 4.38. The standard InChI is InChI=1S/C14H17NO3/c1-3-4-5-6-7-18-13-9-11(14(16)17)8-12(10-13)15-2/h8-10H,3-7H2,1H3,(H,16,17). The molecule has 96 valence electrons. The molecular weight excluding hydrogens is 230 g/mol. The first kappa shape index (κ1) is 14.0. The lowest BCUT2D eigenvalue weighted by Gasteiger charge is -2.07. The average molecular weight is 247 g/mol. The number of benzene rings is 1. The molecule has 0 bridgehead atoms. The van der Waals surface area contributed by atoms with Crippen molar-refractivity contribution in [2.75, 3.05) is 6.61 Å².